The van der Waals surface area contributed by atoms with Gasteiger partial charge in [0.05, 0.1) is 6.61 Å². The van der Waals surface area contributed by atoms with Crippen molar-refractivity contribution in [1.29, 1.82) is 0 Å². The van der Waals surface area contributed by atoms with E-state index < -0.39 is 41.9 Å². The first-order valence-corrected chi connectivity index (χ1v) is 5.75. The average molecular weight is 272 g/mol. The first kappa shape index (κ1) is 13.9. The van der Waals surface area contributed by atoms with E-state index in [4.69, 9.17) is 9.84 Å². The van der Waals surface area contributed by atoms with E-state index in [-0.39, 0.29) is 0 Å². The van der Waals surface area contributed by atoms with Crippen molar-refractivity contribution in [3.8, 4) is 0 Å². The molecule has 2 rings (SSSR count). The van der Waals surface area contributed by atoms with Gasteiger partial charge in [0.2, 0.25) is 0 Å². The predicted molar refractivity (Wildman–Crippen MR) is 63.6 cm³/mol. The molecule has 0 unspecified atom stereocenters. The minimum absolute atomic E-state index is 0.488. The van der Waals surface area contributed by atoms with Crippen LogP contribution in [0.3, 0.4) is 0 Å². The normalized spacial score (nSPS) is 34.7. The molecule has 1 aliphatic rings. The standard InChI is InChI=1S/C11H16N2O6/c1-11(18)8(16)6(5-14)19-9(11)13-4-3-7(15)12(2)10(13)17/h3-4,6,8-9,14,16,18H,5H2,1-2H3/t6-,8-,9-,11-/m1/s1. The molecule has 1 aliphatic heterocycles. The Morgan fingerprint density at radius 1 is 1.47 bits per heavy atom. The zero-order valence-electron chi connectivity index (χ0n) is 10.6. The zero-order chi connectivity index (χ0) is 14.4. The summed E-state index contributed by atoms with van der Waals surface area (Å²) in [4.78, 5) is 23.3. The summed E-state index contributed by atoms with van der Waals surface area (Å²) in [5.74, 6) is 0. The molecule has 1 aromatic rings. The summed E-state index contributed by atoms with van der Waals surface area (Å²) < 4.78 is 7.17. The number of ether oxygens (including phenoxy) is 1. The lowest BCUT2D eigenvalue weighted by Crippen LogP contribution is -2.48. The van der Waals surface area contributed by atoms with Crippen LogP contribution in [-0.2, 0) is 11.8 Å². The molecule has 1 saturated heterocycles. The smallest absolute Gasteiger partial charge is 0.332 e. The Bertz CT molecular complexity index is 590. The Morgan fingerprint density at radius 3 is 2.63 bits per heavy atom. The summed E-state index contributed by atoms with van der Waals surface area (Å²) in [5, 5.41) is 29.1. The van der Waals surface area contributed by atoms with Crippen molar-refractivity contribution in [2.24, 2.45) is 7.05 Å². The number of aliphatic hydroxyl groups is 3. The molecule has 1 fully saturated rings. The Balaban J connectivity index is 2.51. The molecular weight excluding hydrogens is 256 g/mol. The minimum atomic E-state index is -1.76. The first-order valence-electron chi connectivity index (χ1n) is 5.75. The second-order valence-corrected chi connectivity index (χ2v) is 4.78. The highest BCUT2D eigenvalue weighted by molar-refractivity contribution is 5.01. The second-order valence-electron chi connectivity index (χ2n) is 4.78. The molecule has 1 aromatic heterocycles. The van der Waals surface area contributed by atoms with E-state index in [1.807, 2.05) is 0 Å². The molecule has 0 bridgehead atoms. The summed E-state index contributed by atoms with van der Waals surface area (Å²) >= 11 is 0. The molecular formula is C11H16N2O6. The molecule has 0 aromatic carbocycles. The van der Waals surface area contributed by atoms with Gasteiger partial charge in [0.25, 0.3) is 5.56 Å². The molecule has 4 atom stereocenters. The zero-order valence-corrected chi connectivity index (χ0v) is 10.6. The van der Waals surface area contributed by atoms with Crippen LogP contribution in [-0.4, -0.2) is 48.9 Å². The lowest BCUT2D eigenvalue weighted by molar-refractivity contribution is -0.0991. The number of hydrogen-bond acceptors (Lipinski definition) is 6. The van der Waals surface area contributed by atoms with Crippen LogP contribution >= 0.6 is 0 Å². The SMILES string of the molecule is Cn1c(=O)ccn([C@@H]2O[C@H](CO)[C@@H](O)[C@@]2(C)O)c1=O. The van der Waals surface area contributed by atoms with E-state index in [1.165, 1.54) is 20.2 Å². The highest BCUT2D eigenvalue weighted by Gasteiger charge is 2.53. The summed E-state index contributed by atoms with van der Waals surface area (Å²) in [7, 11) is 1.30. The quantitative estimate of drug-likeness (QED) is 0.550. The number of nitrogens with zero attached hydrogens (tertiary/aromatic N) is 2. The Hall–Kier alpha value is -1.48. The van der Waals surface area contributed by atoms with Gasteiger partial charge in [-0.05, 0) is 6.92 Å². The maximum absolute atomic E-state index is 12.0. The van der Waals surface area contributed by atoms with Gasteiger partial charge in [0, 0.05) is 19.3 Å². The van der Waals surface area contributed by atoms with E-state index in [0.717, 1.165) is 15.2 Å². The van der Waals surface area contributed by atoms with Gasteiger partial charge in [0.1, 0.15) is 17.8 Å². The molecule has 0 aliphatic carbocycles. The third-order valence-electron chi connectivity index (χ3n) is 3.40. The van der Waals surface area contributed by atoms with Crippen molar-refractivity contribution in [2.45, 2.75) is 31.0 Å². The van der Waals surface area contributed by atoms with E-state index in [1.54, 1.807) is 0 Å². The largest absolute Gasteiger partial charge is 0.394 e. The Kier molecular flexibility index (Phi) is 3.35. The van der Waals surface area contributed by atoms with Crippen molar-refractivity contribution >= 4 is 0 Å². The van der Waals surface area contributed by atoms with Gasteiger partial charge in [-0.3, -0.25) is 13.9 Å². The summed E-state index contributed by atoms with van der Waals surface area (Å²) in [6.45, 7) is 0.809. The molecule has 106 valence electrons. The number of aliphatic hydroxyl groups excluding tert-OH is 2. The molecule has 0 radical (unpaired) electrons. The second kappa shape index (κ2) is 4.57. The Morgan fingerprint density at radius 2 is 2.11 bits per heavy atom. The van der Waals surface area contributed by atoms with Crippen LogP contribution in [0.25, 0.3) is 0 Å². The fraction of sp³-hybridized carbons (Fsp3) is 0.636. The molecule has 2 heterocycles. The average Bonchev–Trinajstić information content (AvgIpc) is 2.59. The topological polar surface area (TPSA) is 114 Å². The van der Waals surface area contributed by atoms with Crippen LogP contribution in [0.5, 0.6) is 0 Å². The fourth-order valence-electron chi connectivity index (χ4n) is 2.16. The van der Waals surface area contributed by atoms with E-state index in [9.17, 15) is 19.8 Å². The highest BCUT2D eigenvalue weighted by Crippen LogP contribution is 2.36. The van der Waals surface area contributed by atoms with Crippen molar-refractivity contribution < 1.29 is 20.1 Å². The maximum atomic E-state index is 12.0. The molecule has 0 saturated carbocycles. The molecule has 3 N–H and O–H groups in total. The van der Waals surface area contributed by atoms with Gasteiger partial charge in [0.15, 0.2) is 6.23 Å². The van der Waals surface area contributed by atoms with Crippen molar-refractivity contribution in [3.63, 3.8) is 0 Å². The highest BCUT2D eigenvalue weighted by atomic mass is 16.6. The van der Waals surface area contributed by atoms with Crippen molar-refractivity contribution in [3.05, 3.63) is 33.1 Å². The van der Waals surface area contributed by atoms with Gasteiger partial charge in [-0.15, -0.1) is 0 Å². The lowest BCUT2D eigenvalue weighted by atomic mass is 9.96. The number of rotatable bonds is 2. The maximum Gasteiger partial charge on any atom is 0.332 e. The molecule has 8 nitrogen and oxygen atoms in total. The molecule has 8 heteroatoms. The van der Waals surface area contributed by atoms with Crippen molar-refractivity contribution in [2.75, 3.05) is 6.61 Å². The van der Waals surface area contributed by atoms with Crippen LogP contribution in [0, 0.1) is 0 Å². The van der Waals surface area contributed by atoms with Gasteiger partial charge in [-0.2, -0.15) is 0 Å². The summed E-state index contributed by atoms with van der Waals surface area (Å²) in [6.07, 6.45) is -2.33. The summed E-state index contributed by atoms with van der Waals surface area (Å²) in [5.41, 5.74) is -2.92. The van der Waals surface area contributed by atoms with E-state index in [2.05, 4.69) is 0 Å². The van der Waals surface area contributed by atoms with Crippen LogP contribution in [0.1, 0.15) is 13.2 Å². The van der Waals surface area contributed by atoms with Crippen molar-refractivity contribution in [1.82, 2.24) is 9.13 Å². The van der Waals surface area contributed by atoms with Crippen LogP contribution in [0.2, 0.25) is 0 Å². The molecule has 19 heavy (non-hydrogen) atoms. The van der Waals surface area contributed by atoms with E-state index >= 15 is 0 Å². The lowest BCUT2D eigenvalue weighted by Gasteiger charge is -2.27. The Labute approximate surface area is 108 Å². The number of aromatic nitrogens is 2. The van der Waals surface area contributed by atoms with Gasteiger partial charge >= 0.3 is 5.69 Å². The first-order chi connectivity index (χ1) is 8.80. The van der Waals surface area contributed by atoms with Gasteiger partial charge < -0.3 is 20.1 Å². The third kappa shape index (κ3) is 2.02. The number of hydrogen-bond donors (Lipinski definition) is 3. The fourth-order valence-corrected chi connectivity index (χ4v) is 2.16. The van der Waals surface area contributed by atoms with Crippen LogP contribution < -0.4 is 11.2 Å². The van der Waals surface area contributed by atoms with Gasteiger partial charge in [-0.25, -0.2) is 4.79 Å². The predicted octanol–water partition coefficient (Wildman–Crippen LogP) is -2.45. The molecule has 0 spiro atoms. The van der Waals surface area contributed by atoms with E-state index in [0.29, 0.717) is 0 Å². The minimum Gasteiger partial charge on any atom is -0.394 e. The molecule has 0 amide bonds. The third-order valence-corrected chi connectivity index (χ3v) is 3.40. The van der Waals surface area contributed by atoms with Crippen LogP contribution in [0.4, 0.5) is 0 Å². The van der Waals surface area contributed by atoms with Crippen LogP contribution in [0.15, 0.2) is 21.9 Å². The monoisotopic (exact) mass is 272 g/mol. The van der Waals surface area contributed by atoms with Gasteiger partial charge in [-0.1, -0.05) is 0 Å². The summed E-state index contributed by atoms with van der Waals surface area (Å²) in [6, 6.07) is 1.15.